The second kappa shape index (κ2) is 7.68. The molecule has 0 radical (unpaired) electrons. The molecule has 1 N–H and O–H groups in total. The summed E-state index contributed by atoms with van der Waals surface area (Å²) in [5.74, 6) is -0.830. The Morgan fingerprint density at radius 1 is 1.45 bits per heavy atom. The molecule has 0 bridgehead atoms. The Bertz CT molecular complexity index is 552. The average molecular weight is 320 g/mol. The zero-order valence-corrected chi connectivity index (χ0v) is 13.3. The molecule has 0 aliphatic carbocycles. The lowest BCUT2D eigenvalue weighted by molar-refractivity contribution is -0.133. The van der Waals surface area contributed by atoms with Crippen molar-refractivity contribution in [1.29, 1.82) is 0 Å². The number of aliphatic carboxylic acids is 1. The van der Waals surface area contributed by atoms with Gasteiger partial charge in [0.05, 0.1) is 28.8 Å². The molecule has 0 aliphatic rings. The van der Waals surface area contributed by atoms with Gasteiger partial charge in [-0.2, -0.15) is 5.10 Å². The maximum atomic E-state index is 11.5. The predicted molar refractivity (Wildman–Crippen MR) is 78.9 cm³/mol. The van der Waals surface area contributed by atoms with Gasteiger partial charge in [-0.25, -0.2) is 8.42 Å². The lowest BCUT2D eigenvalue weighted by Crippen LogP contribution is -2.16. The number of aryl methyl sites for hydroxylation is 2. The van der Waals surface area contributed by atoms with E-state index in [9.17, 15) is 13.2 Å². The van der Waals surface area contributed by atoms with Crippen LogP contribution in [-0.4, -0.2) is 46.5 Å². The molecular weight excluding hydrogens is 300 g/mol. The molecule has 1 heterocycles. The Labute approximate surface area is 123 Å². The van der Waals surface area contributed by atoms with Gasteiger partial charge in [0.15, 0.2) is 9.84 Å². The zero-order chi connectivity index (χ0) is 15.2. The molecule has 0 spiro atoms. The molecule has 0 atom stereocenters. The molecule has 0 aliphatic heterocycles. The highest BCUT2D eigenvalue weighted by Crippen LogP contribution is 2.20. The Hall–Kier alpha value is -1.02. The third-order valence-corrected chi connectivity index (χ3v) is 5.40. The van der Waals surface area contributed by atoms with Crippen LogP contribution in [0.25, 0.3) is 0 Å². The van der Waals surface area contributed by atoms with E-state index in [1.807, 2.05) is 13.0 Å². The summed E-state index contributed by atoms with van der Waals surface area (Å²) < 4.78 is 24.7. The van der Waals surface area contributed by atoms with Crippen molar-refractivity contribution in [2.24, 2.45) is 0 Å². The monoisotopic (exact) mass is 320 g/mol. The van der Waals surface area contributed by atoms with E-state index in [2.05, 4.69) is 5.10 Å². The van der Waals surface area contributed by atoms with Gasteiger partial charge in [0.25, 0.3) is 0 Å². The number of aromatic nitrogens is 2. The molecule has 0 saturated carbocycles. The van der Waals surface area contributed by atoms with Gasteiger partial charge in [0.2, 0.25) is 0 Å². The standard InChI is InChI=1S/C12H20N2O4S2/c1-3-5-10-8-11(19-9-12(15)16)14(13-10)6-7-20(17,18)4-2/h8H,3-7,9H2,1-2H3,(H,15,16). The number of carbonyl (C=O) groups is 1. The summed E-state index contributed by atoms with van der Waals surface area (Å²) in [6.07, 6.45) is 1.74. The van der Waals surface area contributed by atoms with Crippen molar-refractivity contribution in [2.75, 3.05) is 17.3 Å². The summed E-state index contributed by atoms with van der Waals surface area (Å²) >= 11 is 1.17. The van der Waals surface area contributed by atoms with Crippen molar-refractivity contribution < 1.29 is 18.3 Å². The van der Waals surface area contributed by atoms with Gasteiger partial charge in [0.1, 0.15) is 0 Å². The molecule has 0 amide bonds. The predicted octanol–water partition coefficient (Wildman–Crippen LogP) is 1.45. The molecule has 1 aromatic rings. The van der Waals surface area contributed by atoms with Gasteiger partial charge in [-0.05, 0) is 12.5 Å². The minimum Gasteiger partial charge on any atom is -0.481 e. The topological polar surface area (TPSA) is 89.3 Å². The van der Waals surface area contributed by atoms with Crippen molar-refractivity contribution in [3.63, 3.8) is 0 Å². The quantitative estimate of drug-likeness (QED) is 0.693. The molecule has 1 aromatic heterocycles. The second-order valence-corrected chi connectivity index (χ2v) is 7.83. The van der Waals surface area contributed by atoms with Crippen molar-refractivity contribution in [3.05, 3.63) is 11.8 Å². The van der Waals surface area contributed by atoms with Gasteiger partial charge >= 0.3 is 5.97 Å². The number of rotatable bonds is 9. The molecule has 0 fully saturated rings. The maximum Gasteiger partial charge on any atom is 0.313 e. The number of nitrogens with zero attached hydrogens (tertiary/aromatic N) is 2. The fraction of sp³-hybridized carbons (Fsp3) is 0.667. The van der Waals surface area contributed by atoms with Crippen LogP contribution in [0.2, 0.25) is 0 Å². The van der Waals surface area contributed by atoms with Crippen LogP contribution in [0.1, 0.15) is 26.0 Å². The lowest BCUT2D eigenvalue weighted by atomic mass is 10.3. The van der Waals surface area contributed by atoms with Crippen LogP contribution in [0, 0.1) is 0 Å². The van der Waals surface area contributed by atoms with Crippen LogP contribution in [0.3, 0.4) is 0 Å². The highest BCUT2D eigenvalue weighted by atomic mass is 32.2. The highest BCUT2D eigenvalue weighted by Gasteiger charge is 2.13. The first-order valence-corrected chi connectivity index (χ1v) is 9.30. The Morgan fingerprint density at radius 2 is 2.15 bits per heavy atom. The Kier molecular flexibility index (Phi) is 6.54. The van der Waals surface area contributed by atoms with Crippen LogP contribution < -0.4 is 0 Å². The maximum absolute atomic E-state index is 11.5. The third-order valence-electron chi connectivity index (χ3n) is 2.70. The SMILES string of the molecule is CCCc1cc(SCC(=O)O)n(CCS(=O)(=O)CC)n1. The third kappa shape index (κ3) is 5.54. The van der Waals surface area contributed by atoms with Crippen molar-refractivity contribution in [2.45, 2.75) is 38.3 Å². The van der Waals surface area contributed by atoms with E-state index in [-0.39, 0.29) is 23.8 Å². The first-order chi connectivity index (χ1) is 9.38. The van der Waals surface area contributed by atoms with Crippen LogP contribution in [-0.2, 0) is 27.6 Å². The summed E-state index contributed by atoms with van der Waals surface area (Å²) in [5, 5.41) is 13.8. The number of sulfone groups is 1. The Morgan fingerprint density at radius 3 is 2.70 bits per heavy atom. The van der Waals surface area contributed by atoms with Gasteiger partial charge in [-0.1, -0.05) is 32.0 Å². The Balaban J connectivity index is 2.82. The summed E-state index contributed by atoms with van der Waals surface area (Å²) in [4.78, 5) is 10.6. The van der Waals surface area contributed by atoms with Crippen molar-refractivity contribution in [1.82, 2.24) is 9.78 Å². The van der Waals surface area contributed by atoms with Gasteiger partial charge in [0, 0.05) is 5.75 Å². The normalized spacial score (nSPS) is 11.7. The van der Waals surface area contributed by atoms with Crippen molar-refractivity contribution in [3.8, 4) is 0 Å². The average Bonchev–Trinajstić information content (AvgIpc) is 2.77. The van der Waals surface area contributed by atoms with E-state index in [1.54, 1.807) is 11.6 Å². The van der Waals surface area contributed by atoms with E-state index in [0.29, 0.717) is 5.03 Å². The van der Waals surface area contributed by atoms with Gasteiger partial charge in [-0.15, -0.1) is 0 Å². The van der Waals surface area contributed by atoms with Gasteiger partial charge < -0.3 is 5.11 Å². The molecule has 6 nitrogen and oxygen atoms in total. The first-order valence-electron chi connectivity index (χ1n) is 6.49. The summed E-state index contributed by atoms with van der Waals surface area (Å²) in [6.45, 7) is 3.91. The number of carboxylic acids is 1. The van der Waals surface area contributed by atoms with E-state index >= 15 is 0 Å². The molecule has 8 heteroatoms. The van der Waals surface area contributed by atoms with E-state index in [0.717, 1.165) is 18.5 Å². The summed E-state index contributed by atoms with van der Waals surface area (Å²) in [5.41, 5.74) is 0.870. The van der Waals surface area contributed by atoms with Crippen LogP contribution in [0.5, 0.6) is 0 Å². The lowest BCUT2D eigenvalue weighted by Gasteiger charge is -2.06. The molecular formula is C12H20N2O4S2. The van der Waals surface area contributed by atoms with Crippen LogP contribution >= 0.6 is 11.8 Å². The van der Waals surface area contributed by atoms with E-state index < -0.39 is 15.8 Å². The molecule has 0 unspecified atom stereocenters. The number of thioether (sulfide) groups is 1. The smallest absolute Gasteiger partial charge is 0.313 e. The fourth-order valence-electron chi connectivity index (χ4n) is 1.61. The highest BCUT2D eigenvalue weighted by molar-refractivity contribution is 7.99. The minimum atomic E-state index is -3.06. The molecule has 0 aromatic carbocycles. The molecule has 1 rings (SSSR count). The molecule has 20 heavy (non-hydrogen) atoms. The molecule has 114 valence electrons. The fourth-order valence-corrected chi connectivity index (χ4v) is 3.12. The minimum absolute atomic E-state index is 0.0252. The van der Waals surface area contributed by atoms with Crippen molar-refractivity contribution >= 4 is 27.6 Å². The van der Waals surface area contributed by atoms with Crippen LogP contribution in [0.15, 0.2) is 11.1 Å². The second-order valence-electron chi connectivity index (χ2n) is 4.37. The first kappa shape index (κ1) is 17.0. The number of hydrogen-bond donors (Lipinski definition) is 1. The van der Waals surface area contributed by atoms with E-state index in [1.165, 1.54) is 11.8 Å². The van der Waals surface area contributed by atoms with E-state index in [4.69, 9.17) is 5.11 Å². The number of carboxylic acid groups (broad SMARTS) is 1. The molecule has 0 saturated heterocycles. The zero-order valence-electron chi connectivity index (χ0n) is 11.7. The summed E-state index contributed by atoms with van der Waals surface area (Å²) in [7, 11) is -3.06. The van der Waals surface area contributed by atoms with Crippen LogP contribution in [0.4, 0.5) is 0 Å². The number of hydrogen-bond acceptors (Lipinski definition) is 5. The largest absolute Gasteiger partial charge is 0.481 e. The summed E-state index contributed by atoms with van der Waals surface area (Å²) in [6, 6.07) is 1.84. The van der Waals surface area contributed by atoms with Gasteiger partial charge in [-0.3, -0.25) is 9.48 Å².